The second kappa shape index (κ2) is 7.33. The highest BCUT2D eigenvalue weighted by atomic mass is 32.1. The van der Waals surface area contributed by atoms with Crippen molar-refractivity contribution in [3.8, 4) is 0 Å². The molecule has 0 aliphatic carbocycles. The monoisotopic (exact) mass is 308 g/mol. The summed E-state index contributed by atoms with van der Waals surface area (Å²) >= 11 is 1.70. The van der Waals surface area contributed by atoms with Crippen molar-refractivity contribution >= 4 is 17.2 Å². The predicted octanol–water partition coefficient (Wildman–Crippen LogP) is 1.79. The van der Waals surface area contributed by atoms with Crippen LogP contribution in [0.25, 0.3) is 0 Å². The zero-order valence-corrected chi connectivity index (χ0v) is 13.3. The molecule has 0 fully saturated rings. The topological polar surface area (TPSA) is 71.3 Å². The summed E-state index contributed by atoms with van der Waals surface area (Å²) in [4.78, 5) is 19.3. The fourth-order valence-electron chi connectivity index (χ4n) is 1.98. The number of amides is 1. The number of carbonyl (C=O) groups excluding carboxylic acids is 1. The molecule has 0 spiro atoms. The molecule has 0 aliphatic rings. The third kappa shape index (κ3) is 4.64. The third-order valence-electron chi connectivity index (χ3n) is 3.12. The van der Waals surface area contributed by atoms with Crippen LogP contribution in [0.2, 0.25) is 0 Å². The lowest BCUT2D eigenvalue weighted by Crippen LogP contribution is -2.34. The number of hydrogen-bond acceptors (Lipinski definition) is 6. The van der Waals surface area contributed by atoms with Crippen LogP contribution in [0, 0.1) is 6.92 Å². The molecule has 0 bridgehead atoms. The Balaban J connectivity index is 1.79. The molecule has 1 amide bonds. The van der Waals surface area contributed by atoms with E-state index < -0.39 is 0 Å². The van der Waals surface area contributed by atoms with Crippen LogP contribution in [0.4, 0.5) is 0 Å². The van der Waals surface area contributed by atoms with Crippen LogP contribution in [-0.2, 0) is 11.2 Å². The van der Waals surface area contributed by atoms with Crippen LogP contribution in [0.1, 0.15) is 29.1 Å². The first-order valence-electron chi connectivity index (χ1n) is 6.82. The molecule has 1 N–H and O–H groups in total. The van der Waals surface area contributed by atoms with Gasteiger partial charge in [0.25, 0.3) is 0 Å². The quantitative estimate of drug-likeness (QED) is 0.844. The Bertz CT molecular complexity index is 565. The minimum Gasteiger partial charge on any atom is -0.354 e. The Morgan fingerprint density at radius 1 is 1.52 bits per heavy atom. The van der Waals surface area contributed by atoms with Crippen molar-refractivity contribution in [2.24, 2.45) is 0 Å². The molecule has 0 saturated heterocycles. The average Bonchev–Trinajstić information content (AvgIpc) is 3.08. The summed E-state index contributed by atoms with van der Waals surface area (Å²) in [6.07, 6.45) is 0.824. The lowest BCUT2D eigenvalue weighted by Gasteiger charge is -2.23. The van der Waals surface area contributed by atoms with Gasteiger partial charge in [-0.05, 0) is 32.5 Å². The molecule has 114 valence electrons. The molecule has 0 radical (unpaired) electrons. The van der Waals surface area contributed by atoms with E-state index in [9.17, 15) is 4.79 Å². The molecule has 0 saturated carbocycles. The van der Waals surface area contributed by atoms with Crippen molar-refractivity contribution < 1.29 is 9.32 Å². The van der Waals surface area contributed by atoms with E-state index in [1.54, 1.807) is 18.3 Å². The number of likely N-dealkylation sites (N-methyl/N-ethyl adjacent to an activating group) is 1. The first kappa shape index (κ1) is 15.7. The van der Waals surface area contributed by atoms with Gasteiger partial charge in [-0.1, -0.05) is 11.2 Å². The minimum atomic E-state index is -0.00532. The molecule has 2 aromatic heterocycles. The molecule has 6 nitrogen and oxygen atoms in total. The zero-order valence-electron chi connectivity index (χ0n) is 12.5. The van der Waals surface area contributed by atoms with Crippen LogP contribution in [-0.4, -0.2) is 41.6 Å². The maximum absolute atomic E-state index is 11.9. The van der Waals surface area contributed by atoms with E-state index in [4.69, 9.17) is 4.52 Å². The lowest BCUT2D eigenvalue weighted by atomic mass is 10.2. The van der Waals surface area contributed by atoms with Crippen molar-refractivity contribution in [3.05, 3.63) is 34.1 Å². The van der Waals surface area contributed by atoms with E-state index in [1.165, 1.54) is 4.88 Å². The molecule has 1 atom stereocenters. The number of carbonyl (C=O) groups is 1. The van der Waals surface area contributed by atoms with Gasteiger partial charge in [-0.25, -0.2) is 0 Å². The third-order valence-corrected chi connectivity index (χ3v) is 4.10. The lowest BCUT2D eigenvalue weighted by molar-refractivity contribution is -0.121. The van der Waals surface area contributed by atoms with Gasteiger partial charge in [-0.15, -0.1) is 11.3 Å². The predicted molar refractivity (Wildman–Crippen MR) is 81.1 cm³/mol. The van der Waals surface area contributed by atoms with Crippen molar-refractivity contribution in [1.29, 1.82) is 0 Å². The van der Waals surface area contributed by atoms with Gasteiger partial charge in [-0.2, -0.15) is 4.98 Å². The normalized spacial score (nSPS) is 12.6. The van der Waals surface area contributed by atoms with Gasteiger partial charge in [0.15, 0.2) is 5.82 Å². The van der Waals surface area contributed by atoms with Crippen molar-refractivity contribution in [3.63, 3.8) is 0 Å². The molecular formula is C14H20N4O2S. The maximum atomic E-state index is 11.9. The summed E-state index contributed by atoms with van der Waals surface area (Å²) in [6.45, 7) is 2.35. The minimum absolute atomic E-state index is 0.00532. The van der Waals surface area contributed by atoms with Gasteiger partial charge in [0.1, 0.15) is 0 Å². The molecule has 2 aromatic rings. The highest BCUT2D eigenvalue weighted by Crippen LogP contribution is 2.22. The zero-order chi connectivity index (χ0) is 15.2. The van der Waals surface area contributed by atoms with Crippen LogP contribution >= 0.6 is 11.3 Å². The summed E-state index contributed by atoms with van der Waals surface area (Å²) in [7, 11) is 4.02. The van der Waals surface area contributed by atoms with Gasteiger partial charge < -0.3 is 14.7 Å². The average molecular weight is 308 g/mol. The van der Waals surface area contributed by atoms with Gasteiger partial charge >= 0.3 is 0 Å². The first-order valence-corrected chi connectivity index (χ1v) is 7.70. The fraction of sp³-hybridized carbons (Fsp3) is 0.500. The standard InChI is InChI=1S/C14H20N4O2S/c1-10-16-14(20-17-10)7-6-13(19)15-9-11(18(2)3)12-5-4-8-21-12/h4-5,8,11H,6-7,9H2,1-3H3,(H,15,19). The SMILES string of the molecule is Cc1noc(CCC(=O)NCC(c2cccs2)N(C)C)n1. The number of nitrogens with one attached hydrogen (secondary N) is 1. The largest absolute Gasteiger partial charge is 0.354 e. The van der Waals surface area contributed by atoms with Crippen LogP contribution in [0.3, 0.4) is 0 Å². The Kier molecular flexibility index (Phi) is 5.46. The van der Waals surface area contributed by atoms with Gasteiger partial charge in [0, 0.05) is 24.3 Å². The van der Waals surface area contributed by atoms with E-state index >= 15 is 0 Å². The van der Waals surface area contributed by atoms with Crippen molar-refractivity contribution in [2.75, 3.05) is 20.6 Å². The molecular weight excluding hydrogens is 288 g/mol. The molecule has 0 aliphatic heterocycles. The van der Waals surface area contributed by atoms with E-state index in [-0.39, 0.29) is 11.9 Å². The Morgan fingerprint density at radius 2 is 2.33 bits per heavy atom. The molecule has 21 heavy (non-hydrogen) atoms. The number of rotatable bonds is 7. The highest BCUT2D eigenvalue weighted by molar-refractivity contribution is 7.10. The molecule has 7 heteroatoms. The van der Waals surface area contributed by atoms with E-state index in [0.29, 0.717) is 31.1 Å². The summed E-state index contributed by atoms with van der Waals surface area (Å²) in [5.41, 5.74) is 0. The molecule has 0 aromatic carbocycles. The number of aryl methyl sites for hydroxylation is 2. The van der Waals surface area contributed by atoms with Gasteiger partial charge in [-0.3, -0.25) is 4.79 Å². The summed E-state index contributed by atoms with van der Waals surface area (Å²) in [5.74, 6) is 1.09. The molecule has 1 unspecified atom stereocenters. The van der Waals surface area contributed by atoms with E-state index in [2.05, 4.69) is 26.4 Å². The summed E-state index contributed by atoms with van der Waals surface area (Å²) in [6, 6.07) is 4.30. The number of thiophene rings is 1. The number of hydrogen-bond donors (Lipinski definition) is 1. The molecule has 2 rings (SSSR count). The number of nitrogens with zero attached hydrogens (tertiary/aromatic N) is 3. The van der Waals surface area contributed by atoms with E-state index in [0.717, 1.165) is 0 Å². The first-order chi connectivity index (χ1) is 10.1. The van der Waals surface area contributed by atoms with Crippen LogP contribution in [0.5, 0.6) is 0 Å². The van der Waals surface area contributed by atoms with Crippen LogP contribution < -0.4 is 5.32 Å². The highest BCUT2D eigenvalue weighted by Gasteiger charge is 2.16. The van der Waals surface area contributed by atoms with Gasteiger partial charge in [0.05, 0.1) is 6.04 Å². The van der Waals surface area contributed by atoms with Crippen LogP contribution in [0.15, 0.2) is 22.0 Å². The Morgan fingerprint density at radius 3 is 2.90 bits per heavy atom. The van der Waals surface area contributed by atoms with Crippen molar-refractivity contribution in [1.82, 2.24) is 20.4 Å². The van der Waals surface area contributed by atoms with Crippen molar-refractivity contribution in [2.45, 2.75) is 25.8 Å². The molecule has 2 heterocycles. The second-order valence-electron chi connectivity index (χ2n) is 5.03. The number of aromatic nitrogens is 2. The van der Waals surface area contributed by atoms with Gasteiger partial charge in [0.2, 0.25) is 11.8 Å². The smallest absolute Gasteiger partial charge is 0.227 e. The fourth-order valence-corrected chi connectivity index (χ4v) is 2.90. The Labute approximate surface area is 128 Å². The van der Waals surface area contributed by atoms with E-state index in [1.807, 2.05) is 25.5 Å². The summed E-state index contributed by atoms with van der Waals surface area (Å²) in [5, 5.41) is 8.72. The maximum Gasteiger partial charge on any atom is 0.227 e. The Hall–Kier alpha value is -1.73. The second-order valence-corrected chi connectivity index (χ2v) is 6.01. The summed E-state index contributed by atoms with van der Waals surface area (Å²) < 4.78 is 4.99.